The van der Waals surface area contributed by atoms with Crippen molar-refractivity contribution in [3.05, 3.63) is 70.3 Å². The molecule has 2 aromatic heterocycles. The Balaban J connectivity index is 1.36. The number of anilines is 1. The second-order valence-corrected chi connectivity index (χ2v) is 7.83. The Bertz CT molecular complexity index is 1210. The van der Waals surface area contributed by atoms with E-state index in [1.165, 1.54) is 23.5 Å². The van der Waals surface area contributed by atoms with Crippen LogP contribution in [0.3, 0.4) is 0 Å². The first kappa shape index (κ1) is 20.2. The lowest BCUT2D eigenvalue weighted by molar-refractivity contribution is -0.137. The summed E-state index contributed by atoms with van der Waals surface area (Å²) in [5, 5.41) is 3.82. The van der Waals surface area contributed by atoms with Gasteiger partial charge in [-0.2, -0.15) is 13.2 Å². The summed E-state index contributed by atoms with van der Waals surface area (Å²) in [6.45, 7) is 0.416. The Morgan fingerprint density at radius 2 is 1.97 bits per heavy atom. The number of hydrogen-bond acceptors (Lipinski definition) is 6. The monoisotopic (exact) mass is 434 g/mol. The minimum Gasteiger partial charge on any atom is -0.408 e. The molecule has 0 saturated carbocycles. The van der Waals surface area contributed by atoms with E-state index in [0.717, 1.165) is 28.1 Å². The molecule has 0 radical (unpaired) electrons. The van der Waals surface area contributed by atoms with Crippen molar-refractivity contribution in [2.24, 2.45) is 5.73 Å². The molecule has 0 aliphatic carbocycles. The Labute approximate surface area is 172 Å². The third-order valence-electron chi connectivity index (χ3n) is 4.51. The Morgan fingerprint density at radius 1 is 1.20 bits per heavy atom. The third-order valence-corrected chi connectivity index (χ3v) is 5.51. The maximum absolute atomic E-state index is 12.6. The smallest absolute Gasteiger partial charge is 0.408 e. The van der Waals surface area contributed by atoms with Gasteiger partial charge in [-0.3, -0.25) is 4.98 Å². The van der Waals surface area contributed by atoms with Gasteiger partial charge in [0.1, 0.15) is 0 Å². The van der Waals surface area contributed by atoms with Gasteiger partial charge < -0.3 is 15.5 Å². The lowest BCUT2D eigenvalue weighted by Crippen LogP contribution is -2.31. The molecule has 0 aliphatic rings. The first-order valence-corrected chi connectivity index (χ1v) is 9.84. The van der Waals surface area contributed by atoms with Crippen LogP contribution in [0.4, 0.5) is 18.3 Å². The van der Waals surface area contributed by atoms with Crippen molar-refractivity contribution in [1.29, 1.82) is 0 Å². The quantitative estimate of drug-likeness (QED) is 0.422. The number of oxazole rings is 1. The van der Waals surface area contributed by atoms with Gasteiger partial charge in [0.25, 0.3) is 0 Å². The van der Waals surface area contributed by atoms with Crippen LogP contribution in [0.25, 0.3) is 21.5 Å². The van der Waals surface area contributed by atoms with Gasteiger partial charge in [-0.25, -0.2) is 9.78 Å². The number of benzene rings is 2. The molecular weight excluding hydrogens is 417 g/mol. The van der Waals surface area contributed by atoms with Crippen LogP contribution in [0.2, 0.25) is 0 Å². The summed E-state index contributed by atoms with van der Waals surface area (Å²) < 4.78 is 43.0. The minimum absolute atomic E-state index is 0.292. The standard InChI is InChI=1S/C20H17F3N4O2S/c21-20(22,23)13-4-1-11(2-5-13)7-14(24)9-25-18-26-10-17(30-18)12-3-6-15-16(8-12)29-19(28)27-15/h1-6,8,10,14H,7,9,24H2,(H,25,26)(H,27,28)/t14-/m1/s1. The van der Waals surface area contributed by atoms with E-state index in [9.17, 15) is 18.0 Å². The predicted molar refractivity (Wildman–Crippen MR) is 110 cm³/mol. The highest BCUT2D eigenvalue weighted by atomic mass is 32.1. The zero-order chi connectivity index (χ0) is 21.3. The third kappa shape index (κ3) is 4.55. The molecule has 0 aliphatic heterocycles. The molecule has 4 aromatic rings. The van der Waals surface area contributed by atoms with Crippen LogP contribution in [0.5, 0.6) is 0 Å². The highest BCUT2D eigenvalue weighted by Crippen LogP contribution is 2.31. The number of aromatic amines is 1. The van der Waals surface area contributed by atoms with E-state index in [1.54, 1.807) is 18.3 Å². The lowest BCUT2D eigenvalue weighted by atomic mass is 10.0. The number of nitrogens with zero attached hydrogens (tertiary/aromatic N) is 1. The van der Waals surface area contributed by atoms with Crippen molar-refractivity contribution in [3.63, 3.8) is 0 Å². The van der Waals surface area contributed by atoms with Gasteiger partial charge in [-0.15, -0.1) is 0 Å². The number of H-pyrrole nitrogens is 1. The Kier molecular flexibility index (Phi) is 5.35. The van der Waals surface area contributed by atoms with Crippen molar-refractivity contribution in [3.8, 4) is 10.4 Å². The van der Waals surface area contributed by atoms with E-state index in [2.05, 4.69) is 15.3 Å². The van der Waals surface area contributed by atoms with Crippen LogP contribution in [0.15, 0.2) is 57.9 Å². The summed E-state index contributed by atoms with van der Waals surface area (Å²) in [6, 6.07) is 10.1. The molecule has 6 nitrogen and oxygen atoms in total. The summed E-state index contributed by atoms with van der Waals surface area (Å²) in [5.74, 6) is -0.504. The van der Waals surface area contributed by atoms with Gasteiger partial charge >= 0.3 is 11.9 Å². The Hall–Kier alpha value is -3.11. The number of rotatable bonds is 6. The largest absolute Gasteiger partial charge is 0.417 e. The molecule has 0 saturated heterocycles. The summed E-state index contributed by atoms with van der Waals surface area (Å²) >= 11 is 1.42. The fourth-order valence-corrected chi connectivity index (χ4v) is 3.83. The highest BCUT2D eigenvalue weighted by molar-refractivity contribution is 7.18. The van der Waals surface area contributed by atoms with Gasteiger partial charge in [0.2, 0.25) is 0 Å². The number of nitrogens with one attached hydrogen (secondary N) is 2. The molecular formula is C20H17F3N4O2S. The van der Waals surface area contributed by atoms with Crippen molar-refractivity contribution in [2.75, 3.05) is 11.9 Å². The van der Waals surface area contributed by atoms with E-state index >= 15 is 0 Å². The number of nitrogens with two attached hydrogens (primary N) is 1. The summed E-state index contributed by atoms with van der Waals surface area (Å²) in [7, 11) is 0. The SMILES string of the molecule is N[C@@H](CNc1ncc(-c2ccc3[nH]c(=O)oc3c2)s1)Cc1ccc(C(F)(F)F)cc1. The van der Waals surface area contributed by atoms with Crippen LogP contribution in [0, 0.1) is 0 Å². The number of hydrogen-bond donors (Lipinski definition) is 3. The molecule has 10 heteroatoms. The molecule has 4 N–H and O–H groups in total. The molecule has 30 heavy (non-hydrogen) atoms. The maximum Gasteiger partial charge on any atom is 0.417 e. The first-order chi connectivity index (χ1) is 14.3. The molecule has 0 spiro atoms. The van der Waals surface area contributed by atoms with E-state index in [4.69, 9.17) is 10.2 Å². The van der Waals surface area contributed by atoms with Crippen molar-refractivity contribution in [2.45, 2.75) is 18.6 Å². The first-order valence-electron chi connectivity index (χ1n) is 9.02. The number of thiazole rings is 1. The average Bonchev–Trinajstić information content (AvgIpc) is 3.31. The minimum atomic E-state index is -4.35. The predicted octanol–water partition coefficient (Wildman–Crippen LogP) is 4.25. The summed E-state index contributed by atoms with van der Waals surface area (Å²) in [6.07, 6.45) is -2.20. The second kappa shape index (κ2) is 7.96. The van der Waals surface area contributed by atoms with Crippen molar-refractivity contribution in [1.82, 2.24) is 9.97 Å². The van der Waals surface area contributed by atoms with Gasteiger partial charge in [0.05, 0.1) is 16.0 Å². The van der Waals surface area contributed by atoms with Gasteiger partial charge in [-0.1, -0.05) is 29.5 Å². The highest BCUT2D eigenvalue weighted by Gasteiger charge is 2.29. The summed E-state index contributed by atoms with van der Waals surface area (Å²) in [5.41, 5.74) is 8.13. The number of halogens is 3. The fraction of sp³-hybridized carbons (Fsp3) is 0.200. The summed E-state index contributed by atoms with van der Waals surface area (Å²) in [4.78, 5) is 19.1. The van der Waals surface area contributed by atoms with Gasteiger partial charge in [-0.05, 0) is 41.8 Å². The molecule has 1 atom stereocenters. The second-order valence-electron chi connectivity index (χ2n) is 6.79. The van der Waals surface area contributed by atoms with Crippen LogP contribution >= 0.6 is 11.3 Å². The van der Waals surface area contributed by atoms with Crippen molar-refractivity contribution < 1.29 is 17.6 Å². The molecule has 2 aromatic carbocycles. The van der Waals surface area contributed by atoms with Crippen LogP contribution in [0.1, 0.15) is 11.1 Å². The van der Waals surface area contributed by atoms with Gasteiger partial charge in [0.15, 0.2) is 10.7 Å². The Morgan fingerprint density at radius 3 is 2.70 bits per heavy atom. The number of aromatic nitrogens is 2. The van der Waals surface area contributed by atoms with Crippen molar-refractivity contribution >= 4 is 27.6 Å². The topological polar surface area (TPSA) is 96.9 Å². The zero-order valence-electron chi connectivity index (χ0n) is 15.5. The maximum atomic E-state index is 12.6. The molecule has 4 rings (SSSR count). The molecule has 0 bridgehead atoms. The number of fused-ring (bicyclic) bond motifs is 1. The van der Waals surface area contributed by atoms with E-state index in [-0.39, 0.29) is 6.04 Å². The zero-order valence-corrected chi connectivity index (χ0v) is 16.3. The molecule has 0 fully saturated rings. The molecule has 156 valence electrons. The van der Waals surface area contributed by atoms with E-state index < -0.39 is 17.5 Å². The average molecular weight is 434 g/mol. The molecule has 2 heterocycles. The lowest BCUT2D eigenvalue weighted by Gasteiger charge is -2.13. The number of alkyl halides is 3. The van der Waals surface area contributed by atoms with Crippen LogP contribution < -0.4 is 16.8 Å². The van der Waals surface area contributed by atoms with E-state index in [1.807, 2.05) is 6.07 Å². The molecule has 0 unspecified atom stereocenters. The normalized spacial score (nSPS) is 12.9. The van der Waals surface area contributed by atoms with Crippen LogP contribution in [-0.4, -0.2) is 22.6 Å². The van der Waals surface area contributed by atoms with Gasteiger partial charge in [0, 0.05) is 18.8 Å². The molecule has 0 amide bonds. The van der Waals surface area contributed by atoms with Crippen LogP contribution in [-0.2, 0) is 12.6 Å². The van der Waals surface area contributed by atoms with E-state index in [0.29, 0.717) is 29.2 Å². The fourth-order valence-electron chi connectivity index (χ4n) is 3.01.